The number of nitrogens with zero attached hydrogens (tertiary/aromatic N) is 1. The zero-order chi connectivity index (χ0) is 19.3. The maximum atomic E-state index is 12.3. The van der Waals surface area contributed by atoms with Crippen molar-refractivity contribution in [2.45, 2.75) is 18.9 Å². The molecule has 1 unspecified atom stereocenters. The molecule has 1 aliphatic rings. The molecule has 1 amide bonds. The first-order valence-electron chi connectivity index (χ1n) is 9.56. The highest BCUT2D eigenvalue weighted by Gasteiger charge is 2.25. The molecular weight excluding hydrogens is 354 g/mol. The van der Waals surface area contributed by atoms with E-state index in [4.69, 9.17) is 4.42 Å². The number of aromatic nitrogens is 1. The number of carbonyl (C=O) groups excluding carboxylic acids is 1. The highest BCUT2D eigenvalue weighted by atomic mass is 16.3. The zero-order valence-electron chi connectivity index (χ0n) is 15.6. The standard InChI is InChI=1S/C22H23N3O3/c26-21(10-9-17-14-16-6-1-2-7-18(16)24-22(17)27)23-15-19(20-8-5-13-28-20)25-11-3-4-12-25/h1-2,5-10,13-14,19H,3-4,11-12,15H2,(H,23,26)(H,24,27)/b10-9+. The van der Waals surface area contributed by atoms with E-state index in [9.17, 15) is 9.59 Å². The Morgan fingerprint density at radius 2 is 2.04 bits per heavy atom. The number of rotatable bonds is 6. The Labute approximate surface area is 162 Å². The molecule has 144 valence electrons. The highest BCUT2D eigenvalue weighted by molar-refractivity contribution is 5.92. The third-order valence-corrected chi connectivity index (χ3v) is 5.12. The molecule has 0 bridgehead atoms. The monoisotopic (exact) mass is 377 g/mol. The molecule has 4 rings (SSSR count). The number of nitrogens with one attached hydrogen (secondary N) is 2. The van der Waals surface area contributed by atoms with Gasteiger partial charge in [0.2, 0.25) is 5.91 Å². The molecule has 1 aromatic carbocycles. The first kappa shape index (κ1) is 18.3. The summed E-state index contributed by atoms with van der Waals surface area (Å²) in [5.41, 5.74) is 1.02. The molecular formula is C22H23N3O3. The molecule has 6 nitrogen and oxygen atoms in total. The number of fused-ring (bicyclic) bond motifs is 1. The largest absolute Gasteiger partial charge is 0.468 e. The SMILES string of the molecule is O=C(/C=C/c1cc2ccccc2[nH]c1=O)NCC(c1ccco1)N1CCCC1. The summed E-state index contributed by atoms with van der Waals surface area (Å²) in [7, 11) is 0. The van der Waals surface area contributed by atoms with Gasteiger partial charge in [0.15, 0.2) is 0 Å². The molecule has 1 atom stereocenters. The van der Waals surface area contributed by atoms with Gasteiger partial charge >= 0.3 is 0 Å². The van der Waals surface area contributed by atoms with Crippen molar-refractivity contribution in [3.63, 3.8) is 0 Å². The smallest absolute Gasteiger partial charge is 0.255 e. The van der Waals surface area contributed by atoms with Gasteiger partial charge in [-0.25, -0.2) is 0 Å². The third-order valence-electron chi connectivity index (χ3n) is 5.12. The lowest BCUT2D eigenvalue weighted by atomic mass is 10.1. The van der Waals surface area contributed by atoms with Crippen LogP contribution in [0.15, 0.2) is 64.0 Å². The molecule has 0 saturated carbocycles. The maximum absolute atomic E-state index is 12.3. The second kappa shape index (κ2) is 8.27. The molecule has 6 heteroatoms. The van der Waals surface area contributed by atoms with Gasteiger partial charge < -0.3 is 14.7 Å². The van der Waals surface area contributed by atoms with Crippen LogP contribution in [0.2, 0.25) is 0 Å². The molecule has 0 aliphatic carbocycles. The van der Waals surface area contributed by atoms with Crippen molar-refractivity contribution in [3.05, 3.63) is 76.5 Å². The van der Waals surface area contributed by atoms with E-state index in [1.807, 2.05) is 36.4 Å². The molecule has 1 saturated heterocycles. The molecule has 3 aromatic rings. The van der Waals surface area contributed by atoms with Crippen LogP contribution >= 0.6 is 0 Å². The number of pyridine rings is 1. The minimum atomic E-state index is -0.233. The Kier molecular flexibility index (Phi) is 5.39. The van der Waals surface area contributed by atoms with Crippen molar-refractivity contribution in [1.29, 1.82) is 0 Å². The molecule has 0 spiro atoms. The molecule has 3 heterocycles. The van der Waals surface area contributed by atoms with Gasteiger partial charge in [-0.15, -0.1) is 0 Å². The van der Waals surface area contributed by atoms with E-state index in [0.717, 1.165) is 42.6 Å². The van der Waals surface area contributed by atoms with Crippen LogP contribution in [0, 0.1) is 0 Å². The number of furan rings is 1. The lowest BCUT2D eigenvalue weighted by molar-refractivity contribution is -0.116. The Hall–Kier alpha value is -3.12. The summed E-state index contributed by atoms with van der Waals surface area (Å²) in [4.78, 5) is 29.7. The van der Waals surface area contributed by atoms with Gasteiger partial charge in [0.1, 0.15) is 5.76 Å². The van der Waals surface area contributed by atoms with Crippen molar-refractivity contribution >= 4 is 22.9 Å². The molecule has 0 radical (unpaired) electrons. The molecule has 1 aliphatic heterocycles. The minimum Gasteiger partial charge on any atom is -0.468 e. The van der Waals surface area contributed by atoms with Gasteiger partial charge in [0.25, 0.3) is 5.56 Å². The Morgan fingerprint density at radius 1 is 1.21 bits per heavy atom. The summed E-state index contributed by atoms with van der Waals surface area (Å²) in [6.07, 6.45) is 6.94. The van der Waals surface area contributed by atoms with Crippen molar-refractivity contribution < 1.29 is 9.21 Å². The summed E-state index contributed by atoms with van der Waals surface area (Å²) >= 11 is 0. The van der Waals surface area contributed by atoms with Gasteiger partial charge in [-0.05, 0) is 61.7 Å². The van der Waals surface area contributed by atoms with Crippen molar-refractivity contribution in [3.8, 4) is 0 Å². The third kappa shape index (κ3) is 4.07. The fourth-order valence-corrected chi connectivity index (χ4v) is 3.65. The summed E-state index contributed by atoms with van der Waals surface area (Å²) in [6, 6.07) is 13.2. The first-order valence-corrected chi connectivity index (χ1v) is 9.56. The summed E-state index contributed by atoms with van der Waals surface area (Å²) < 4.78 is 5.57. The van der Waals surface area contributed by atoms with Crippen LogP contribution in [0.1, 0.15) is 30.2 Å². The van der Waals surface area contributed by atoms with Crippen molar-refractivity contribution in [1.82, 2.24) is 15.2 Å². The summed E-state index contributed by atoms with van der Waals surface area (Å²) in [6.45, 7) is 2.47. The second-order valence-corrected chi connectivity index (χ2v) is 6.99. The van der Waals surface area contributed by atoms with Crippen LogP contribution in [-0.2, 0) is 4.79 Å². The van der Waals surface area contributed by atoms with Gasteiger partial charge in [-0.1, -0.05) is 18.2 Å². The highest BCUT2D eigenvalue weighted by Crippen LogP contribution is 2.24. The first-order chi connectivity index (χ1) is 13.7. The van der Waals surface area contributed by atoms with Crippen LogP contribution in [0.5, 0.6) is 0 Å². The van der Waals surface area contributed by atoms with E-state index in [-0.39, 0.29) is 17.5 Å². The lowest BCUT2D eigenvalue weighted by Gasteiger charge is -2.25. The fourth-order valence-electron chi connectivity index (χ4n) is 3.65. The van der Waals surface area contributed by atoms with E-state index in [0.29, 0.717) is 12.1 Å². The maximum Gasteiger partial charge on any atom is 0.255 e. The van der Waals surface area contributed by atoms with Gasteiger partial charge in [-0.2, -0.15) is 0 Å². The quantitative estimate of drug-likeness (QED) is 0.647. The van der Waals surface area contributed by atoms with E-state index in [1.54, 1.807) is 18.4 Å². The average Bonchev–Trinajstić information content (AvgIpc) is 3.41. The fraction of sp³-hybridized carbons (Fsp3) is 0.273. The predicted molar refractivity (Wildman–Crippen MR) is 109 cm³/mol. The van der Waals surface area contributed by atoms with E-state index in [1.165, 1.54) is 6.08 Å². The van der Waals surface area contributed by atoms with E-state index >= 15 is 0 Å². The second-order valence-electron chi connectivity index (χ2n) is 6.99. The normalized spacial score (nSPS) is 16.0. The topological polar surface area (TPSA) is 78.3 Å². The van der Waals surface area contributed by atoms with Crippen LogP contribution in [0.4, 0.5) is 0 Å². The Balaban J connectivity index is 1.43. The van der Waals surface area contributed by atoms with E-state index < -0.39 is 0 Å². The van der Waals surface area contributed by atoms with Crippen LogP contribution in [0.3, 0.4) is 0 Å². The van der Waals surface area contributed by atoms with Gasteiger partial charge in [0.05, 0.1) is 12.3 Å². The number of para-hydroxylation sites is 1. The minimum absolute atomic E-state index is 0.0268. The van der Waals surface area contributed by atoms with Crippen LogP contribution in [-0.4, -0.2) is 35.4 Å². The van der Waals surface area contributed by atoms with Gasteiger partial charge in [0, 0.05) is 23.7 Å². The number of H-pyrrole nitrogens is 1. The van der Waals surface area contributed by atoms with Crippen molar-refractivity contribution in [2.75, 3.05) is 19.6 Å². The van der Waals surface area contributed by atoms with E-state index in [2.05, 4.69) is 15.2 Å². The average molecular weight is 377 g/mol. The molecule has 1 fully saturated rings. The molecule has 28 heavy (non-hydrogen) atoms. The number of carbonyl (C=O) groups is 1. The summed E-state index contributed by atoms with van der Waals surface area (Å²) in [5.74, 6) is 0.625. The van der Waals surface area contributed by atoms with Crippen LogP contribution < -0.4 is 10.9 Å². The zero-order valence-corrected chi connectivity index (χ0v) is 15.6. The number of likely N-dealkylation sites (tertiary alicyclic amines) is 1. The van der Waals surface area contributed by atoms with Crippen molar-refractivity contribution in [2.24, 2.45) is 0 Å². The number of amides is 1. The van der Waals surface area contributed by atoms with Crippen LogP contribution in [0.25, 0.3) is 17.0 Å². The number of aromatic amines is 1. The van der Waals surface area contributed by atoms with Gasteiger partial charge in [-0.3, -0.25) is 14.5 Å². The lowest BCUT2D eigenvalue weighted by Crippen LogP contribution is -2.36. The predicted octanol–water partition coefficient (Wildman–Crippen LogP) is 3.09. The Bertz CT molecular complexity index is 1030. The molecule has 2 aromatic heterocycles. The number of hydrogen-bond acceptors (Lipinski definition) is 4. The molecule has 2 N–H and O–H groups in total. The number of hydrogen-bond donors (Lipinski definition) is 2. The summed E-state index contributed by atoms with van der Waals surface area (Å²) in [5, 5.41) is 3.86. The number of benzene rings is 1. The Morgan fingerprint density at radius 3 is 2.82 bits per heavy atom.